The quantitative estimate of drug-likeness (QED) is 0.595. The fourth-order valence-corrected chi connectivity index (χ4v) is 3.72. The van der Waals surface area contributed by atoms with Crippen LogP contribution in [0.25, 0.3) is 11.3 Å². The van der Waals surface area contributed by atoms with E-state index in [4.69, 9.17) is 0 Å². The van der Waals surface area contributed by atoms with E-state index >= 15 is 0 Å². The molecule has 1 saturated heterocycles. The van der Waals surface area contributed by atoms with Crippen LogP contribution in [0, 0.1) is 13.8 Å². The minimum atomic E-state index is -4.54. The summed E-state index contributed by atoms with van der Waals surface area (Å²) in [6.45, 7) is 5.85. The molecule has 0 atom stereocenters. The van der Waals surface area contributed by atoms with Gasteiger partial charge in [0, 0.05) is 31.7 Å². The first-order chi connectivity index (χ1) is 15.7. The molecule has 33 heavy (non-hydrogen) atoms. The molecule has 2 aromatic carbocycles. The van der Waals surface area contributed by atoms with Gasteiger partial charge < -0.3 is 15.1 Å². The predicted octanol–water partition coefficient (Wildman–Crippen LogP) is 5.13. The van der Waals surface area contributed by atoms with Gasteiger partial charge in [-0.2, -0.15) is 13.2 Å². The van der Waals surface area contributed by atoms with Crippen molar-refractivity contribution in [1.29, 1.82) is 0 Å². The van der Waals surface area contributed by atoms with Gasteiger partial charge in [0.2, 0.25) is 0 Å². The molecule has 1 aliphatic rings. The highest BCUT2D eigenvalue weighted by atomic mass is 19.4. The van der Waals surface area contributed by atoms with E-state index < -0.39 is 17.8 Å². The molecule has 1 aliphatic heterocycles. The Hall–Kier alpha value is -3.62. The number of nitrogens with zero attached hydrogens (tertiary/aromatic N) is 4. The third-order valence-electron chi connectivity index (χ3n) is 5.82. The molecule has 1 N–H and O–H groups in total. The van der Waals surface area contributed by atoms with Crippen LogP contribution >= 0.6 is 0 Å². The fraction of sp³-hybridized carbons (Fsp3) is 0.292. The van der Waals surface area contributed by atoms with Crippen molar-refractivity contribution in [2.75, 3.05) is 36.4 Å². The molecule has 1 fully saturated rings. The molecule has 0 unspecified atom stereocenters. The number of piperazine rings is 1. The topological polar surface area (TPSA) is 61.4 Å². The van der Waals surface area contributed by atoms with Crippen molar-refractivity contribution in [2.45, 2.75) is 20.0 Å². The molecule has 172 valence electrons. The van der Waals surface area contributed by atoms with Crippen LogP contribution in [0.4, 0.5) is 29.5 Å². The summed E-state index contributed by atoms with van der Waals surface area (Å²) in [7, 11) is 0. The van der Waals surface area contributed by atoms with Gasteiger partial charge in [0.05, 0.1) is 16.9 Å². The number of benzene rings is 2. The Labute approximate surface area is 190 Å². The molecular formula is C24H24F3N5O. The summed E-state index contributed by atoms with van der Waals surface area (Å²) in [5.41, 5.74) is 3.07. The van der Waals surface area contributed by atoms with Crippen molar-refractivity contribution >= 4 is 17.5 Å². The molecular weight excluding hydrogens is 431 g/mol. The van der Waals surface area contributed by atoms with Gasteiger partial charge in [0.25, 0.3) is 0 Å². The van der Waals surface area contributed by atoms with Crippen LogP contribution in [-0.4, -0.2) is 47.3 Å². The number of aryl methyl sites for hydroxylation is 2. The molecule has 0 spiro atoms. The molecule has 3 aromatic rings. The van der Waals surface area contributed by atoms with E-state index in [2.05, 4.69) is 41.5 Å². The zero-order chi connectivity index (χ0) is 23.6. The lowest BCUT2D eigenvalue weighted by atomic mass is 10.0. The zero-order valence-corrected chi connectivity index (χ0v) is 18.4. The monoisotopic (exact) mass is 455 g/mol. The Morgan fingerprint density at radius 1 is 0.909 bits per heavy atom. The van der Waals surface area contributed by atoms with E-state index in [0.717, 1.165) is 17.3 Å². The lowest BCUT2D eigenvalue weighted by Crippen LogP contribution is -2.50. The first-order valence-electron chi connectivity index (χ1n) is 10.6. The first kappa shape index (κ1) is 22.6. The summed E-state index contributed by atoms with van der Waals surface area (Å²) < 4.78 is 39.5. The average molecular weight is 455 g/mol. The van der Waals surface area contributed by atoms with Gasteiger partial charge in [-0.3, -0.25) is 0 Å². The molecule has 0 saturated carbocycles. The summed E-state index contributed by atoms with van der Waals surface area (Å²) >= 11 is 0. The maximum atomic E-state index is 13.2. The second kappa shape index (κ2) is 9.09. The Morgan fingerprint density at radius 3 is 2.27 bits per heavy atom. The second-order valence-corrected chi connectivity index (χ2v) is 8.02. The van der Waals surface area contributed by atoms with Crippen molar-refractivity contribution in [3.8, 4) is 11.3 Å². The number of aromatic nitrogens is 2. The van der Waals surface area contributed by atoms with Crippen LogP contribution in [0.15, 0.2) is 54.6 Å². The van der Waals surface area contributed by atoms with Crippen LogP contribution in [0.5, 0.6) is 0 Å². The number of nitrogens with one attached hydrogen (secondary N) is 1. The Kier molecular flexibility index (Phi) is 6.22. The number of amides is 2. The highest BCUT2D eigenvalue weighted by Crippen LogP contribution is 2.34. The third-order valence-corrected chi connectivity index (χ3v) is 5.82. The van der Waals surface area contributed by atoms with Crippen LogP contribution < -0.4 is 10.2 Å². The first-order valence-corrected chi connectivity index (χ1v) is 10.6. The summed E-state index contributed by atoms with van der Waals surface area (Å²) in [6.07, 6.45) is -4.54. The molecule has 0 aliphatic carbocycles. The van der Waals surface area contributed by atoms with Crippen molar-refractivity contribution < 1.29 is 18.0 Å². The largest absolute Gasteiger partial charge is 0.418 e. The van der Waals surface area contributed by atoms with E-state index in [1.165, 1.54) is 34.2 Å². The highest BCUT2D eigenvalue weighted by Gasteiger charge is 2.34. The van der Waals surface area contributed by atoms with Gasteiger partial charge in [0.15, 0.2) is 5.82 Å². The second-order valence-electron chi connectivity index (χ2n) is 8.02. The molecule has 0 bridgehead atoms. The summed E-state index contributed by atoms with van der Waals surface area (Å²) in [6, 6.07) is 14.4. The van der Waals surface area contributed by atoms with Crippen molar-refractivity contribution in [2.24, 2.45) is 0 Å². The Morgan fingerprint density at radius 2 is 1.64 bits per heavy atom. The number of alkyl halides is 3. The van der Waals surface area contributed by atoms with Crippen molar-refractivity contribution in [3.63, 3.8) is 0 Å². The van der Waals surface area contributed by atoms with Crippen LogP contribution in [0.2, 0.25) is 0 Å². The Balaban J connectivity index is 1.37. The standard InChI is InChI=1S/C24H24F3N5O/c1-16-7-8-18(15-17(16)2)20-9-10-22(30-29-20)31-11-13-32(14-12-31)23(33)28-21-6-4-3-5-19(21)24(25,26)27/h3-10,15H,11-14H2,1-2H3,(H,28,33). The summed E-state index contributed by atoms with van der Waals surface area (Å²) in [5.74, 6) is 0.699. The molecule has 1 aromatic heterocycles. The molecule has 4 rings (SSSR count). The molecule has 6 nitrogen and oxygen atoms in total. The number of hydrogen-bond acceptors (Lipinski definition) is 4. The van der Waals surface area contributed by atoms with Gasteiger partial charge in [-0.25, -0.2) is 4.79 Å². The SMILES string of the molecule is Cc1ccc(-c2ccc(N3CCN(C(=O)Nc4ccccc4C(F)(F)F)CC3)nn2)cc1C. The van der Waals surface area contributed by atoms with Gasteiger partial charge in [-0.1, -0.05) is 24.3 Å². The number of anilines is 2. The van der Waals surface area contributed by atoms with Crippen LogP contribution in [0.3, 0.4) is 0 Å². The van der Waals surface area contributed by atoms with Crippen molar-refractivity contribution in [1.82, 2.24) is 15.1 Å². The van der Waals surface area contributed by atoms with Gasteiger partial charge in [-0.15, -0.1) is 10.2 Å². The number of carbonyl (C=O) groups excluding carboxylic acids is 1. The van der Waals surface area contributed by atoms with E-state index in [-0.39, 0.29) is 5.69 Å². The van der Waals surface area contributed by atoms with E-state index in [1.54, 1.807) is 0 Å². The predicted molar refractivity (Wildman–Crippen MR) is 121 cm³/mol. The van der Waals surface area contributed by atoms with Gasteiger partial charge in [-0.05, 0) is 55.3 Å². The smallest absolute Gasteiger partial charge is 0.352 e. The number of halogens is 3. The normalized spacial score (nSPS) is 14.3. The van der Waals surface area contributed by atoms with Gasteiger partial charge >= 0.3 is 12.2 Å². The van der Waals surface area contributed by atoms with Crippen LogP contribution in [-0.2, 0) is 6.18 Å². The summed E-state index contributed by atoms with van der Waals surface area (Å²) in [5, 5.41) is 11.1. The fourth-order valence-electron chi connectivity index (χ4n) is 3.72. The van der Waals surface area contributed by atoms with E-state index in [9.17, 15) is 18.0 Å². The minimum Gasteiger partial charge on any atom is -0.352 e. The van der Waals surface area contributed by atoms with Crippen molar-refractivity contribution in [3.05, 3.63) is 71.3 Å². The number of para-hydroxylation sites is 1. The molecule has 9 heteroatoms. The van der Waals surface area contributed by atoms with Gasteiger partial charge in [0.1, 0.15) is 0 Å². The lowest BCUT2D eigenvalue weighted by Gasteiger charge is -2.35. The minimum absolute atomic E-state index is 0.245. The number of carbonyl (C=O) groups is 1. The third kappa shape index (κ3) is 5.08. The van der Waals surface area contributed by atoms with Crippen LogP contribution in [0.1, 0.15) is 16.7 Å². The average Bonchev–Trinajstić information content (AvgIpc) is 2.81. The highest BCUT2D eigenvalue weighted by molar-refractivity contribution is 5.90. The molecule has 2 heterocycles. The van der Waals surface area contributed by atoms with E-state index in [1.807, 2.05) is 23.1 Å². The molecule has 2 amide bonds. The Bertz CT molecular complexity index is 1140. The number of hydrogen-bond donors (Lipinski definition) is 1. The molecule has 0 radical (unpaired) electrons. The lowest BCUT2D eigenvalue weighted by molar-refractivity contribution is -0.136. The summed E-state index contributed by atoms with van der Waals surface area (Å²) in [4.78, 5) is 16.0. The maximum Gasteiger partial charge on any atom is 0.418 e. The zero-order valence-electron chi connectivity index (χ0n) is 18.4. The number of urea groups is 1. The number of rotatable bonds is 3. The van der Waals surface area contributed by atoms with E-state index in [0.29, 0.717) is 32.0 Å². The maximum absolute atomic E-state index is 13.2.